The molecule has 0 aliphatic heterocycles. The number of carboxylic acids is 1. The Morgan fingerprint density at radius 2 is 1.66 bits per heavy atom. The summed E-state index contributed by atoms with van der Waals surface area (Å²) >= 11 is 0. The van der Waals surface area contributed by atoms with E-state index in [4.69, 9.17) is 9.47 Å². The van der Waals surface area contributed by atoms with Gasteiger partial charge >= 0.3 is 12.1 Å². The Kier molecular flexibility index (Phi) is 6.85. The van der Waals surface area contributed by atoms with Gasteiger partial charge in [0.1, 0.15) is 12.6 Å². The van der Waals surface area contributed by atoms with Gasteiger partial charge in [0.25, 0.3) is 0 Å². The van der Waals surface area contributed by atoms with Gasteiger partial charge in [-0.1, -0.05) is 48.5 Å². The normalized spacial score (nSPS) is 14.6. The molecule has 3 N–H and O–H groups in total. The summed E-state index contributed by atoms with van der Waals surface area (Å²) in [7, 11) is 0. The maximum absolute atomic E-state index is 12.2. The second-order valence-corrected chi connectivity index (χ2v) is 6.91. The maximum Gasteiger partial charge on any atom is 0.407 e. The summed E-state index contributed by atoms with van der Waals surface area (Å²) in [6.07, 6.45) is -1.99. The Labute approximate surface area is 169 Å². The lowest BCUT2D eigenvalue weighted by molar-refractivity contribution is -0.140. The van der Waals surface area contributed by atoms with Gasteiger partial charge in [-0.3, -0.25) is 0 Å². The van der Waals surface area contributed by atoms with Crippen LogP contribution in [-0.4, -0.2) is 54.2 Å². The fourth-order valence-corrected chi connectivity index (χ4v) is 3.60. The maximum atomic E-state index is 12.2. The SMILES string of the molecule is CCOCC(O)CC(NC(=O)OCC1c2ccccc2-c2ccccc21)C(=O)O. The molecule has 1 amide bonds. The van der Waals surface area contributed by atoms with Gasteiger partial charge < -0.3 is 25.0 Å². The lowest BCUT2D eigenvalue weighted by atomic mass is 9.98. The Morgan fingerprint density at radius 1 is 1.07 bits per heavy atom. The predicted molar refractivity (Wildman–Crippen MR) is 107 cm³/mol. The number of benzene rings is 2. The summed E-state index contributed by atoms with van der Waals surface area (Å²) in [5.41, 5.74) is 4.37. The van der Waals surface area contributed by atoms with Crippen LogP contribution in [0.15, 0.2) is 48.5 Å². The highest BCUT2D eigenvalue weighted by Gasteiger charge is 2.30. The number of aliphatic carboxylic acids is 1. The first kappa shape index (κ1) is 20.8. The van der Waals surface area contributed by atoms with Crippen LogP contribution >= 0.6 is 0 Å². The number of nitrogens with one attached hydrogen (secondary N) is 1. The average Bonchev–Trinajstić information content (AvgIpc) is 3.04. The van der Waals surface area contributed by atoms with Crippen LogP contribution in [0.3, 0.4) is 0 Å². The van der Waals surface area contributed by atoms with Crippen molar-refractivity contribution in [2.75, 3.05) is 19.8 Å². The van der Waals surface area contributed by atoms with Crippen LogP contribution in [0.5, 0.6) is 0 Å². The number of alkyl carbamates (subject to hydrolysis) is 1. The number of ether oxygens (including phenoxy) is 2. The predicted octanol–water partition coefficient (Wildman–Crippen LogP) is 2.77. The molecule has 1 aliphatic carbocycles. The minimum atomic E-state index is -1.26. The number of carbonyl (C=O) groups is 2. The zero-order valence-electron chi connectivity index (χ0n) is 16.2. The van der Waals surface area contributed by atoms with Crippen molar-refractivity contribution in [3.05, 3.63) is 59.7 Å². The molecule has 0 saturated heterocycles. The second-order valence-electron chi connectivity index (χ2n) is 6.91. The Bertz CT molecular complexity index is 822. The lowest BCUT2D eigenvalue weighted by Crippen LogP contribution is -2.44. The van der Waals surface area contributed by atoms with E-state index in [-0.39, 0.29) is 25.6 Å². The van der Waals surface area contributed by atoms with E-state index in [1.165, 1.54) is 0 Å². The van der Waals surface area contributed by atoms with Crippen LogP contribution < -0.4 is 5.32 Å². The van der Waals surface area contributed by atoms with Crippen LogP contribution in [0.2, 0.25) is 0 Å². The molecule has 0 spiro atoms. The molecule has 2 aromatic rings. The Morgan fingerprint density at radius 3 is 2.21 bits per heavy atom. The highest BCUT2D eigenvalue weighted by atomic mass is 16.5. The van der Waals surface area contributed by atoms with Gasteiger partial charge in [-0.05, 0) is 29.2 Å². The molecule has 3 rings (SSSR count). The quantitative estimate of drug-likeness (QED) is 0.599. The summed E-state index contributed by atoms with van der Waals surface area (Å²) in [5, 5.41) is 21.5. The van der Waals surface area contributed by atoms with Crippen LogP contribution in [-0.2, 0) is 14.3 Å². The molecule has 29 heavy (non-hydrogen) atoms. The molecular formula is C22H25NO6. The van der Waals surface area contributed by atoms with Crippen LogP contribution in [0.1, 0.15) is 30.4 Å². The molecular weight excluding hydrogens is 374 g/mol. The number of rotatable bonds is 9. The third-order valence-electron chi connectivity index (χ3n) is 4.96. The number of carboxylic acid groups (broad SMARTS) is 1. The summed E-state index contributed by atoms with van der Waals surface area (Å²) in [6.45, 7) is 2.28. The summed E-state index contributed by atoms with van der Waals surface area (Å²) in [6, 6.07) is 14.6. The van der Waals surface area contributed by atoms with E-state index in [1.807, 2.05) is 48.5 Å². The molecule has 0 radical (unpaired) electrons. The highest BCUT2D eigenvalue weighted by molar-refractivity contribution is 5.81. The van der Waals surface area contributed by atoms with E-state index >= 15 is 0 Å². The van der Waals surface area contributed by atoms with Gasteiger partial charge in [-0.25, -0.2) is 9.59 Å². The van der Waals surface area contributed by atoms with Gasteiger partial charge in [0.2, 0.25) is 0 Å². The molecule has 0 heterocycles. The fraction of sp³-hybridized carbons (Fsp3) is 0.364. The molecule has 0 saturated carbocycles. The van der Waals surface area contributed by atoms with Crippen molar-refractivity contribution in [3.63, 3.8) is 0 Å². The number of carbonyl (C=O) groups excluding carboxylic acids is 1. The summed E-state index contributed by atoms with van der Waals surface area (Å²) in [5.74, 6) is -1.35. The smallest absolute Gasteiger partial charge is 0.407 e. The number of fused-ring (bicyclic) bond motifs is 3. The topological polar surface area (TPSA) is 105 Å². The summed E-state index contributed by atoms with van der Waals surface area (Å²) in [4.78, 5) is 23.6. The fourth-order valence-electron chi connectivity index (χ4n) is 3.60. The largest absolute Gasteiger partial charge is 0.480 e. The van der Waals surface area contributed by atoms with Gasteiger partial charge in [-0.15, -0.1) is 0 Å². The van der Waals surface area contributed by atoms with Crippen molar-refractivity contribution < 1.29 is 29.3 Å². The van der Waals surface area contributed by atoms with Crippen molar-refractivity contribution in [1.29, 1.82) is 0 Å². The number of aliphatic hydroxyl groups is 1. The molecule has 2 atom stereocenters. The number of hydrogen-bond donors (Lipinski definition) is 3. The highest BCUT2D eigenvalue weighted by Crippen LogP contribution is 2.44. The molecule has 2 unspecified atom stereocenters. The zero-order valence-corrected chi connectivity index (χ0v) is 16.2. The van der Waals surface area contributed by atoms with E-state index in [2.05, 4.69) is 5.32 Å². The second kappa shape index (κ2) is 9.54. The first-order chi connectivity index (χ1) is 14.0. The van der Waals surface area contributed by atoms with E-state index in [1.54, 1.807) is 6.92 Å². The van der Waals surface area contributed by atoms with Crippen LogP contribution in [0.4, 0.5) is 4.79 Å². The average molecular weight is 399 g/mol. The number of hydrogen-bond acceptors (Lipinski definition) is 5. The minimum Gasteiger partial charge on any atom is -0.480 e. The van der Waals surface area contributed by atoms with Gasteiger partial charge in [0.05, 0.1) is 12.7 Å². The van der Waals surface area contributed by atoms with Crippen molar-refractivity contribution in [3.8, 4) is 11.1 Å². The van der Waals surface area contributed by atoms with E-state index in [9.17, 15) is 19.8 Å². The minimum absolute atomic E-state index is 0.00660. The van der Waals surface area contributed by atoms with Crippen molar-refractivity contribution in [2.24, 2.45) is 0 Å². The van der Waals surface area contributed by atoms with E-state index < -0.39 is 24.2 Å². The lowest BCUT2D eigenvalue weighted by Gasteiger charge is -2.19. The molecule has 0 fully saturated rings. The van der Waals surface area contributed by atoms with Crippen molar-refractivity contribution in [1.82, 2.24) is 5.32 Å². The van der Waals surface area contributed by atoms with Gasteiger partial charge in [0, 0.05) is 18.9 Å². The molecule has 154 valence electrons. The van der Waals surface area contributed by atoms with Gasteiger partial charge in [0.15, 0.2) is 0 Å². The van der Waals surface area contributed by atoms with Crippen LogP contribution in [0, 0.1) is 0 Å². The molecule has 7 heteroatoms. The first-order valence-corrected chi connectivity index (χ1v) is 9.61. The summed E-state index contributed by atoms with van der Waals surface area (Å²) < 4.78 is 10.4. The Hall–Kier alpha value is -2.90. The number of aliphatic hydroxyl groups excluding tert-OH is 1. The Balaban J connectivity index is 1.62. The molecule has 1 aliphatic rings. The number of amides is 1. The third-order valence-corrected chi connectivity index (χ3v) is 4.96. The molecule has 2 aromatic carbocycles. The first-order valence-electron chi connectivity index (χ1n) is 9.61. The van der Waals surface area contributed by atoms with E-state index in [0.717, 1.165) is 22.3 Å². The van der Waals surface area contributed by atoms with Crippen molar-refractivity contribution in [2.45, 2.75) is 31.4 Å². The van der Waals surface area contributed by atoms with Gasteiger partial charge in [-0.2, -0.15) is 0 Å². The van der Waals surface area contributed by atoms with Crippen LogP contribution in [0.25, 0.3) is 11.1 Å². The molecule has 7 nitrogen and oxygen atoms in total. The van der Waals surface area contributed by atoms with E-state index in [0.29, 0.717) is 6.61 Å². The zero-order chi connectivity index (χ0) is 20.8. The standard InChI is InChI=1S/C22H25NO6/c1-2-28-12-14(24)11-20(21(25)26)23-22(27)29-13-19-17-9-5-3-7-15(17)16-8-4-6-10-18(16)19/h3-10,14,19-20,24H,2,11-13H2,1H3,(H,23,27)(H,25,26). The molecule has 0 aromatic heterocycles. The monoisotopic (exact) mass is 399 g/mol. The third kappa shape index (κ3) is 4.93. The van der Waals surface area contributed by atoms with Crippen molar-refractivity contribution >= 4 is 12.1 Å². The molecule has 0 bridgehead atoms.